The third kappa shape index (κ3) is 6.37. The van der Waals surface area contributed by atoms with E-state index >= 15 is 0 Å². The Morgan fingerprint density at radius 3 is 2.58 bits per heavy atom. The van der Waals surface area contributed by atoms with E-state index in [-0.39, 0.29) is 5.75 Å². The fraction of sp³-hybridized carbons (Fsp3) is 0.750. The summed E-state index contributed by atoms with van der Waals surface area (Å²) in [4.78, 5) is 0. The first-order valence-electron chi connectivity index (χ1n) is 4.05. The molecule has 0 bridgehead atoms. The molecule has 0 radical (unpaired) electrons. The maximum absolute atomic E-state index is 10.9. The van der Waals surface area contributed by atoms with Crippen molar-refractivity contribution in [3.8, 4) is 0 Å². The van der Waals surface area contributed by atoms with E-state index < -0.39 is 9.84 Å². The van der Waals surface area contributed by atoms with Crippen LogP contribution in [-0.2, 0) is 14.6 Å². The molecule has 0 aromatic rings. The van der Waals surface area contributed by atoms with Crippen molar-refractivity contribution < 1.29 is 13.2 Å². The lowest BCUT2D eigenvalue weighted by atomic mass is 10.4. The third-order valence-corrected chi connectivity index (χ3v) is 2.79. The summed E-state index contributed by atoms with van der Waals surface area (Å²) >= 11 is 0. The number of hydrogen-bond acceptors (Lipinski definition) is 3. The maximum Gasteiger partial charge on any atom is 0.171 e. The van der Waals surface area contributed by atoms with Gasteiger partial charge in [-0.2, -0.15) is 0 Å². The van der Waals surface area contributed by atoms with Gasteiger partial charge in [0.15, 0.2) is 9.84 Å². The summed E-state index contributed by atoms with van der Waals surface area (Å²) in [7, 11) is -3.00. The first-order chi connectivity index (χ1) is 5.62. The highest BCUT2D eigenvalue weighted by Gasteiger charge is 2.02. The SMILES string of the molecule is C=CS(=O)(=O)CCCCOCC. The lowest BCUT2D eigenvalue weighted by Crippen LogP contribution is -2.03. The van der Waals surface area contributed by atoms with Crippen LogP contribution in [-0.4, -0.2) is 27.4 Å². The highest BCUT2D eigenvalue weighted by atomic mass is 32.2. The molecule has 12 heavy (non-hydrogen) atoms. The Balaban J connectivity index is 3.38. The Labute approximate surface area is 74.3 Å². The van der Waals surface area contributed by atoms with E-state index in [4.69, 9.17) is 4.74 Å². The molecule has 0 heterocycles. The first kappa shape index (κ1) is 11.6. The van der Waals surface area contributed by atoms with Crippen LogP contribution in [0.1, 0.15) is 19.8 Å². The molecule has 0 rings (SSSR count). The number of rotatable bonds is 7. The molecule has 3 nitrogen and oxygen atoms in total. The quantitative estimate of drug-likeness (QED) is 0.572. The molecule has 0 aliphatic heterocycles. The molecule has 0 aromatic heterocycles. The van der Waals surface area contributed by atoms with Gasteiger partial charge in [0.05, 0.1) is 5.75 Å². The smallest absolute Gasteiger partial charge is 0.171 e. The Morgan fingerprint density at radius 2 is 2.08 bits per heavy atom. The molecule has 0 N–H and O–H groups in total. The van der Waals surface area contributed by atoms with Crippen molar-refractivity contribution in [2.24, 2.45) is 0 Å². The summed E-state index contributed by atoms with van der Waals surface area (Å²) in [6, 6.07) is 0. The van der Waals surface area contributed by atoms with E-state index in [1.807, 2.05) is 6.92 Å². The lowest BCUT2D eigenvalue weighted by Gasteiger charge is -1.99. The zero-order valence-corrected chi connectivity index (χ0v) is 8.27. The van der Waals surface area contributed by atoms with Crippen molar-refractivity contribution in [1.29, 1.82) is 0 Å². The van der Waals surface area contributed by atoms with Gasteiger partial charge >= 0.3 is 0 Å². The van der Waals surface area contributed by atoms with Crippen LogP contribution in [0.15, 0.2) is 12.0 Å². The Morgan fingerprint density at radius 1 is 1.42 bits per heavy atom. The first-order valence-corrected chi connectivity index (χ1v) is 5.77. The van der Waals surface area contributed by atoms with Crippen molar-refractivity contribution in [1.82, 2.24) is 0 Å². The molecule has 0 unspecified atom stereocenters. The van der Waals surface area contributed by atoms with Crippen LogP contribution in [0.5, 0.6) is 0 Å². The van der Waals surface area contributed by atoms with Gasteiger partial charge in [0, 0.05) is 18.6 Å². The maximum atomic E-state index is 10.9. The summed E-state index contributed by atoms with van der Waals surface area (Å²) in [5.74, 6) is 0.184. The molecular formula is C8H16O3S. The summed E-state index contributed by atoms with van der Waals surface area (Å²) in [6.45, 7) is 6.48. The highest BCUT2D eigenvalue weighted by molar-refractivity contribution is 7.94. The number of sulfone groups is 1. The molecule has 0 atom stereocenters. The lowest BCUT2D eigenvalue weighted by molar-refractivity contribution is 0.144. The van der Waals surface area contributed by atoms with Gasteiger partial charge in [-0.3, -0.25) is 0 Å². The largest absolute Gasteiger partial charge is 0.382 e. The number of unbranched alkanes of at least 4 members (excludes halogenated alkanes) is 1. The van der Waals surface area contributed by atoms with Crippen LogP contribution >= 0.6 is 0 Å². The van der Waals surface area contributed by atoms with Crippen LogP contribution in [0.25, 0.3) is 0 Å². The van der Waals surface area contributed by atoms with Gasteiger partial charge in [-0.15, -0.1) is 0 Å². The second-order valence-corrected chi connectivity index (χ2v) is 4.50. The fourth-order valence-corrected chi connectivity index (χ4v) is 1.51. The van der Waals surface area contributed by atoms with Gasteiger partial charge in [0.1, 0.15) is 0 Å². The second-order valence-electron chi connectivity index (χ2n) is 2.44. The minimum absolute atomic E-state index is 0.184. The van der Waals surface area contributed by atoms with Gasteiger partial charge < -0.3 is 4.74 Å². The van der Waals surface area contributed by atoms with E-state index in [9.17, 15) is 8.42 Å². The van der Waals surface area contributed by atoms with Crippen molar-refractivity contribution in [3.63, 3.8) is 0 Å². The predicted molar refractivity (Wildman–Crippen MR) is 49.7 cm³/mol. The molecule has 72 valence electrons. The van der Waals surface area contributed by atoms with Gasteiger partial charge in [-0.05, 0) is 19.8 Å². The average molecular weight is 192 g/mol. The molecule has 4 heteroatoms. The van der Waals surface area contributed by atoms with Gasteiger partial charge in [-0.1, -0.05) is 6.58 Å². The van der Waals surface area contributed by atoms with Crippen LogP contribution in [0.2, 0.25) is 0 Å². The fourth-order valence-electron chi connectivity index (χ4n) is 0.735. The topological polar surface area (TPSA) is 43.4 Å². The van der Waals surface area contributed by atoms with Gasteiger partial charge in [0.25, 0.3) is 0 Å². The summed E-state index contributed by atoms with van der Waals surface area (Å²) in [5.41, 5.74) is 0. The minimum Gasteiger partial charge on any atom is -0.382 e. The highest BCUT2D eigenvalue weighted by Crippen LogP contribution is 1.98. The third-order valence-electron chi connectivity index (χ3n) is 1.43. The van der Waals surface area contributed by atoms with Crippen LogP contribution in [0.4, 0.5) is 0 Å². The van der Waals surface area contributed by atoms with E-state index in [1.165, 1.54) is 0 Å². The molecule has 0 aromatic carbocycles. The van der Waals surface area contributed by atoms with Crippen LogP contribution in [0, 0.1) is 0 Å². The second kappa shape index (κ2) is 6.20. The average Bonchev–Trinajstić information content (AvgIpc) is 2.04. The normalized spacial score (nSPS) is 11.4. The van der Waals surface area contributed by atoms with Crippen molar-refractivity contribution in [2.75, 3.05) is 19.0 Å². The predicted octanol–water partition coefficient (Wildman–Crippen LogP) is 1.36. The van der Waals surface area contributed by atoms with Gasteiger partial charge in [0.2, 0.25) is 0 Å². The molecule has 0 spiro atoms. The van der Waals surface area contributed by atoms with E-state index in [1.54, 1.807) is 0 Å². The molecular weight excluding hydrogens is 176 g/mol. The Bertz CT molecular complexity index is 206. The molecule has 0 saturated carbocycles. The summed E-state index contributed by atoms with van der Waals surface area (Å²) in [5, 5.41) is 1.01. The monoisotopic (exact) mass is 192 g/mol. The molecule has 0 saturated heterocycles. The van der Waals surface area contributed by atoms with Gasteiger partial charge in [-0.25, -0.2) is 8.42 Å². The molecule has 0 fully saturated rings. The van der Waals surface area contributed by atoms with Crippen LogP contribution < -0.4 is 0 Å². The molecule has 0 aliphatic rings. The Hall–Kier alpha value is -0.350. The standard InChI is InChI=1S/C8H16O3S/c1-3-11-7-5-6-8-12(9,10)4-2/h4H,2-3,5-8H2,1H3. The zero-order chi connectivity index (χ0) is 9.45. The number of ether oxygens (including phenoxy) is 1. The zero-order valence-electron chi connectivity index (χ0n) is 7.45. The number of hydrogen-bond donors (Lipinski definition) is 0. The summed E-state index contributed by atoms with van der Waals surface area (Å²) < 4.78 is 26.8. The van der Waals surface area contributed by atoms with E-state index in [0.717, 1.165) is 11.8 Å². The van der Waals surface area contributed by atoms with E-state index in [2.05, 4.69) is 6.58 Å². The van der Waals surface area contributed by atoms with Crippen LogP contribution in [0.3, 0.4) is 0 Å². The Kier molecular flexibility index (Phi) is 6.02. The van der Waals surface area contributed by atoms with Crippen molar-refractivity contribution in [3.05, 3.63) is 12.0 Å². The summed E-state index contributed by atoms with van der Waals surface area (Å²) in [6.07, 6.45) is 1.44. The van der Waals surface area contributed by atoms with E-state index in [0.29, 0.717) is 19.6 Å². The molecule has 0 aliphatic carbocycles. The minimum atomic E-state index is -3.00. The molecule has 0 amide bonds. The van der Waals surface area contributed by atoms with Crippen molar-refractivity contribution in [2.45, 2.75) is 19.8 Å². The van der Waals surface area contributed by atoms with Crippen molar-refractivity contribution >= 4 is 9.84 Å².